The van der Waals surface area contributed by atoms with Crippen LogP contribution in [0.4, 0.5) is 11.5 Å². The monoisotopic (exact) mass is 231 g/mol. The summed E-state index contributed by atoms with van der Waals surface area (Å²) >= 11 is 0. The predicted octanol–water partition coefficient (Wildman–Crippen LogP) is 2.74. The molecule has 1 aromatic rings. The zero-order valence-corrected chi connectivity index (χ0v) is 10.6. The molecule has 1 saturated carbocycles. The summed E-state index contributed by atoms with van der Waals surface area (Å²) in [7, 11) is 0. The van der Waals surface area contributed by atoms with Crippen molar-refractivity contribution in [1.82, 2.24) is 4.98 Å². The summed E-state index contributed by atoms with van der Waals surface area (Å²) < 4.78 is 0. The molecular formula is C14H21N3. The van der Waals surface area contributed by atoms with Gasteiger partial charge in [-0.3, -0.25) is 0 Å². The fourth-order valence-corrected chi connectivity index (χ4v) is 3.50. The van der Waals surface area contributed by atoms with E-state index in [0.29, 0.717) is 5.41 Å². The number of hydrogen-bond acceptors (Lipinski definition) is 3. The van der Waals surface area contributed by atoms with E-state index < -0.39 is 0 Å². The molecule has 0 atom stereocenters. The van der Waals surface area contributed by atoms with Gasteiger partial charge in [0.05, 0.1) is 5.69 Å². The second kappa shape index (κ2) is 3.90. The quantitative estimate of drug-likeness (QED) is 0.808. The summed E-state index contributed by atoms with van der Waals surface area (Å²) in [4.78, 5) is 6.90. The fourth-order valence-electron chi connectivity index (χ4n) is 3.50. The lowest BCUT2D eigenvalue weighted by atomic mass is 9.86. The second-order valence-corrected chi connectivity index (χ2v) is 5.80. The average molecular weight is 231 g/mol. The Kier molecular flexibility index (Phi) is 2.49. The van der Waals surface area contributed by atoms with E-state index in [0.717, 1.165) is 30.2 Å². The highest BCUT2D eigenvalue weighted by Crippen LogP contribution is 2.46. The van der Waals surface area contributed by atoms with Gasteiger partial charge >= 0.3 is 0 Å². The lowest BCUT2D eigenvalue weighted by Crippen LogP contribution is -2.26. The number of rotatable bonds is 1. The summed E-state index contributed by atoms with van der Waals surface area (Å²) in [5, 5.41) is 0. The minimum absolute atomic E-state index is 0.582. The maximum Gasteiger partial charge on any atom is 0.151 e. The van der Waals surface area contributed by atoms with E-state index in [1.54, 1.807) is 0 Å². The minimum Gasteiger partial charge on any atom is -0.396 e. The highest BCUT2D eigenvalue weighted by Gasteiger charge is 2.40. The summed E-state index contributed by atoms with van der Waals surface area (Å²) in [6.07, 6.45) is 8.85. The number of pyridine rings is 1. The summed E-state index contributed by atoms with van der Waals surface area (Å²) in [6.45, 7) is 4.32. The van der Waals surface area contributed by atoms with E-state index in [1.807, 2.05) is 19.2 Å². The minimum atomic E-state index is 0.582. The maximum atomic E-state index is 6.08. The van der Waals surface area contributed by atoms with Crippen LogP contribution in [0.1, 0.15) is 37.7 Å². The van der Waals surface area contributed by atoms with Crippen LogP contribution in [0, 0.1) is 12.3 Å². The van der Waals surface area contributed by atoms with Gasteiger partial charge < -0.3 is 10.6 Å². The Balaban J connectivity index is 1.82. The Hall–Kier alpha value is -1.25. The van der Waals surface area contributed by atoms with Crippen LogP contribution in [-0.2, 0) is 0 Å². The Morgan fingerprint density at radius 3 is 2.76 bits per heavy atom. The fraction of sp³-hybridized carbons (Fsp3) is 0.643. The molecule has 0 amide bonds. The standard InChI is InChI=1S/C14H21N3/c1-11-8-12(15)13(16-9-11)17-7-6-14(10-17)4-2-3-5-14/h8-9H,2-7,10,15H2,1H3. The summed E-state index contributed by atoms with van der Waals surface area (Å²) in [6, 6.07) is 2.03. The molecule has 2 fully saturated rings. The Morgan fingerprint density at radius 2 is 2.06 bits per heavy atom. The Bertz CT molecular complexity index is 421. The van der Waals surface area contributed by atoms with E-state index in [9.17, 15) is 0 Å². The average Bonchev–Trinajstić information content (AvgIpc) is 2.90. The molecule has 0 bridgehead atoms. The first kappa shape index (κ1) is 10.9. The van der Waals surface area contributed by atoms with Gasteiger partial charge in [-0.2, -0.15) is 0 Å². The van der Waals surface area contributed by atoms with Crippen LogP contribution in [0.5, 0.6) is 0 Å². The van der Waals surface area contributed by atoms with Crippen LogP contribution in [-0.4, -0.2) is 18.1 Å². The van der Waals surface area contributed by atoms with E-state index in [4.69, 9.17) is 5.73 Å². The van der Waals surface area contributed by atoms with Crippen molar-refractivity contribution in [1.29, 1.82) is 0 Å². The third-order valence-corrected chi connectivity index (χ3v) is 4.43. The molecule has 0 aromatic carbocycles. The first-order valence-corrected chi connectivity index (χ1v) is 6.66. The van der Waals surface area contributed by atoms with Gasteiger partial charge in [0.1, 0.15) is 0 Å². The van der Waals surface area contributed by atoms with Gasteiger partial charge in [0.25, 0.3) is 0 Å². The number of hydrogen-bond donors (Lipinski definition) is 1. The van der Waals surface area contributed by atoms with Gasteiger partial charge in [-0.1, -0.05) is 12.8 Å². The van der Waals surface area contributed by atoms with Crippen molar-refractivity contribution in [3.8, 4) is 0 Å². The molecule has 1 aromatic heterocycles. The molecule has 3 nitrogen and oxygen atoms in total. The zero-order chi connectivity index (χ0) is 11.9. The van der Waals surface area contributed by atoms with Crippen molar-refractivity contribution in [2.24, 2.45) is 5.41 Å². The molecule has 2 heterocycles. The van der Waals surface area contributed by atoms with E-state index in [2.05, 4.69) is 9.88 Å². The molecule has 1 aliphatic heterocycles. The van der Waals surface area contributed by atoms with Crippen molar-refractivity contribution >= 4 is 11.5 Å². The molecule has 0 radical (unpaired) electrons. The largest absolute Gasteiger partial charge is 0.396 e. The van der Waals surface area contributed by atoms with Crippen molar-refractivity contribution in [3.05, 3.63) is 17.8 Å². The van der Waals surface area contributed by atoms with E-state index >= 15 is 0 Å². The van der Waals surface area contributed by atoms with Gasteiger partial charge in [0.2, 0.25) is 0 Å². The number of aryl methyl sites for hydroxylation is 1. The molecule has 1 spiro atoms. The van der Waals surface area contributed by atoms with Crippen LogP contribution in [0.25, 0.3) is 0 Å². The topological polar surface area (TPSA) is 42.2 Å². The number of anilines is 2. The summed E-state index contributed by atoms with van der Waals surface area (Å²) in [5.74, 6) is 0.999. The Labute approximate surface area is 103 Å². The predicted molar refractivity (Wildman–Crippen MR) is 71.1 cm³/mol. The highest BCUT2D eigenvalue weighted by atomic mass is 15.2. The first-order valence-electron chi connectivity index (χ1n) is 6.66. The molecule has 3 rings (SSSR count). The number of aromatic nitrogens is 1. The van der Waals surface area contributed by atoms with Crippen LogP contribution in [0.3, 0.4) is 0 Å². The van der Waals surface area contributed by atoms with Crippen molar-refractivity contribution in [2.45, 2.75) is 39.0 Å². The Morgan fingerprint density at radius 1 is 1.29 bits per heavy atom. The molecule has 2 aliphatic rings. The first-order chi connectivity index (χ1) is 8.19. The molecule has 2 N–H and O–H groups in total. The number of nitrogen functional groups attached to an aromatic ring is 1. The molecule has 1 saturated heterocycles. The van der Waals surface area contributed by atoms with Gasteiger partial charge in [0.15, 0.2) is 5.82 Å². The van der Waals surface area contributed by atoms with Gasteiger partial charge in [-0.05, 0) is 43.2 Å². The third-order valence-electron chi connectivity index (χ3n) is 4.43. The molecule has 17 heavy (non-hydrogen) atoms. The number of nitrogens with zero attached hydrogens (tertiary/aromatic N) is 2. The molecule has 92 valence electrons. The van der Waals surface area contributed by atoms with Crippen LogP contribution < -0.4 is 10.6 Å². The lowest BCUT2D eigenvalue weighted by molar-refractivity contribution is 0.340. The maximum absolute atomic E-state index is 6.08. The van der Waals surface area contributed by atoms with Crippen LogP contribution >= 0.6 is 0 Å². The highest BCUT2D eigenvalue weighted by molar-refractivity contribution is 5.63. The van der Waals surface area contributed by atoms with Crippen molar-refractivity contribution < 1.29 is 0 Å². The zero-order valence-electron chi connectivity index (χ0n) is 10.6. The van der Waals surface area contributed by atoms with Gasteiger partial charge in [-0.25, -0.2) is 4.98 Å². The van der Waals surface area contributed by atoms with E-state index in [-0.39, 0.29) is 0 Å². The number of nitrogens with two attached hydrogens (primary N) is 1. The summed E-state index contributed by atoms with van der Waals surface area (Å²) in [5.41, 5.74) is 8.64. The third kappa shape index (κ3) is 1.88. The van der Waals surface area contributed by atoms with Crippen molar-refractivity contribution in [3.63, 3.8) is 0 Å². The SMILES string of the molecule is Cc1cnc(N2CCC3(CCCC3)C2)c(N)c1. The van der Waals surface area contributed by atoms with Gasteiger partial charge in [-0.15, -0.1) is 0 Å². The molecule has 0 unspecified atom stereocenters. The van der Waals surface area contributed by atoms with Crippen molar-refractivity contribution in [2.75, 3.05) is 23.7 Å². The lowest BCUT2D eigenvalue weighted by Gasteiger charge is -2.24. The van der Waals surface area contributed by atoms with Gasteiger partial charge in [0, 0.05) is 19.3 Å². The molecule has 1 aliphatic carbocycles. The normalized spacial score (nSPS) is 22.5. The molecular weight excluding hydrogens is 210 g/mol. The van der Waals surface area contributed by atoms with Crippen LogP contribution in [0.15, 0.2) is 12.3 Å². The molecule has 3 heteroatoms. The second-order valence-electron chi connectivity index (χ2n) is 5.80. The van der Waals surface area contributed by atoms with Crippen LogP contribution in [0.2, 0.25) is 0 Å². The smallest absolute Gasteiger partial charge is 0.151 e. The van der Waals surface area contributed by atoms with E-state index in [1.165, 1.54) is 32.1 Å².